The summed E-state index contributed by atoms with van der Waals surface area (Å²) in [5.41, 5.74) is 1.76. The second-order valence-electron chi connectivity index (χ2n) is 5.62. The van der Waals surface area contributed by atoms with E-state index in [1.54, 1.807) is 30.5 Å². The van der Waals surface area contributed by atoms with E-state index in [1.165, 1.54) is 6.08 Å². The lowest BCUT2D eigenvalue weighted by Gasteiger charge is -2.17. The molecule has 0 saturated carbocycles. The van der Waals surface area contributed by atoms with E-state index in [0.29, 0.717) is 16.9 Å². The molecule has 1 aliphatic rings. The molecule has 0 radical (unpaired) electrons. The molecule has 24 heavy (non-hydrogen) atoms. The number of carbonyl (C=O) groups is 2. The van der Waals surface area contributed by atoms with Gasteiger partial charge in [0.1, 0.15) is 0 Å². The van der Waals surface area contributed by atoms with Gasteiger partial charge in [0.15, 0.2) is 0 Å². The molecule has 1 aromatic carbocycles. The number of hydrogen-bond donors (Lipinski definition) is 1. The first-order chi connectivity index (χ1) is 11.7. The van der Waals surface area contributed by atoms with Gasteiger partial charge in [0.05, 0.1) is 16.9 Å². The molecule has 1 saturated heterocycles. The summed E-state index contributed by atoms with van der Waals surface area (Å²) < 4.78 is 0. The lowest BCUT2D eigenvalue weighted by molar-refractivity contribution is -0.111. The molecule has 0 atom stereocenters. The standard InChI is InChI=1S/C19H19N3O2/c23-18(11-10-15-7-3-4-12-20-15)21-17-9-2-1-8-16(17)19(24)22-13-5-6-14-22/h1-4,7-12H,5-6,13-14H2,(H,21,23). The summed E-state index contributed by atoms with van der Waals surface area (Å²) in [7, 11) is 0. The molecule has 122 valence electrons. The highest BCUT2D eigenvalue weighted by Crippen LogP contribution is 2.20. The summed E-state index contributed by atoms with van der Waals surface area (Å²) >= 11 is 0. The molecular weight excluding hydrogens is 302 g/mol. The van der Waals surface area contributed by atoms with E-state index in [0.717, 1.165) is 25.9 Å². The quantitative estimate of drug-likeness (QED) is 0.881. The highest BCUT2D eigenvalue weighted by Gasteiger charge is 2.21. The average molecular weight is 321 g/mol. The largest absolute Gasteiger partial charge is 0.339 e. The highest BCUT2D eigenvalue weighted by atomic mass is 16.2. The van der Waals surface area contributed by atoms with E-state index in [4.69, 9.17) is 0 Å². The second kappa shape index (κ2) is 7.55. The maximum Gasteiger partial charge on any atom is 0.255 e. The van der Waals surface area contributed by atoms with Crippen molar-refractivity contribution >= 4 is 23.6 Å². The number of nitrogens with zero attached hydrogens (tertiary/aromatic N) is 2. The van der Waals surface area contributed by atoms with Crippen LogP contribution < -0.4 is 5.32 Å². The van der Waals surface area contributed by atoms with E-state index < -0.39 is 0 Å². The number of anilines is 1. The molecule has 2 amide bonds. The molecule has 1 aliphatic heterocycles. The molecule has 2 aromatic rings. The summed E-state index contributed by atoms with van der Waals surface area (Å²) in [6.45, 7) is 1.56. The summed E-state index contributed by atoms with van der Waals surface area (Å²) in [6, 6.07) is 12.6. The van der Waals surface area contributed by atoms with Gasteiger partial charge in [-0.2, -0.15) is 0 Å². The zero-order valence-corrected chi connectivity index (χ0v) is 13.3. The van der Waals surface area contributed by atoms with Crippen molar-refractivity contribution in [3.05, 3.63) is 66.0 Å². The number of hydrogen-bond acceptors (Lipinski definition) is 3. The fraction of sp³-hybridized carbons (Fsp3) is 0.211. The normalized spacial score (nSPS) is 14.1. The van der Waals surface area contributed by atoms with Crippen LogP contribution in [0.25, 0.3) is 6.08 Å². The Morgan fingerprint density at radius 3 is 2.54 bits per heavy atom. The van der Waals surface area contributed by atoms with Crippen LogP contribution in [0.3, 0.4) is 0 Å². The third kappa shape index (κ3) is 3.87. The van der Waals surface area contributed by atoms with Crippen LogP contribution >= 0.6 is 0 Å². The van der Waals surface area contributed by atoms with Crippen LogP contribution in [0.15, 0.2) is 54.7 Å². The first-order valence-electron chi connectivity index (χ1n) is 8.02. The Hall–Kier alpha value is -2.95. The lowest BCUT2D eigenvalue weighted by atomic mass is 10.1. The fourth-order valence-electron chi connectivity index (χ4n) is 2.68. The van der Waals surface area contributed by atoms with E-state index in [-0.39, 0.29) is 11.8 Å². The third-order valence-electron chi connectivity index (χ3n) is 3.90. The van der Waals surface area contributed by atoms with E-state index in [1.807, 2.05) is 29.2 Å². The smallest absolute Gasteiger partial charge is 0.255 e. The maximum absolute atomic E-state index is 12.6. The number of benzene rings is 1. The van der Waals surface area contributed by atoms with Gasteiger partial charge in [0.2, 0.25) is 5.91 Å². The van der Waals surface area contributed by atoms with E-state index in [2.05, 4.69) is 10.3 Å². The topological polar surface area (TPSA) is 62.3 Å². The number of carbonyl (C=O) groups excluding carboxylic acids is 2. The third-order valence-corrected chi connectivity index (χ3v) is 3.90. The van der Waals surface area contributed by atoms with Crippen molar-refractivity contribution in [3.8, 4) is 0 Å². The summed E-state index contributed by atoms with van der Waals surface area (Å²) in [5, 5.41) is 2.78. The minimum atomic E-state index is -0.290. The molecule has 1 fully saturated rings. The van der Waals surface area contributed by atoms with Gasteiger partial charge >= 0.3 is 0 Å². The molecule has 5 heteroatoms. The van der Waals surface area contributed by atoms with Crippen molar-refractivity contribution in [2.45, 2.75) is 12.8 Å². The van der Waals surface area contributed by atoms with Gasteiger partial charge in [-0.15, -0.1) is 0 Å². The number of para-hydroxylation sites is 1. The predicted molar refractivity (Wildman–Crippen MR) is 93.5 cm³/mol. The number of nitrogens with one attached hydrogen (secondary N) is 1. The Morgan fingerprint density at radius 2 is 1.79 bits per heavy atom. The molecule has 0 unspecified atom stereocenters. The van der Waals surface area contributed by atoms with Crippen molar-refractivity contribution in [2.24, 2.45) is 0 Å². The van der Waals surface area contributed by atoms with Gasteiger partial charge in [-0.1, -0.05) is 18.2 Å². The first kappa shape index (κ1) is 15.9. The Morgan fingerprint density at radius 1 is 1.04 bits per heavy atom. The summed E-state index contributed by atoms with van der Waals surface area (Å²) in [4.78, 5) is 30.7. The van der Waals surface area contributed by atoms with Gasteiger partial charge in [-0.05, 0) is 43.2 Å². The van der Waals surface area contributed by atoms with Crippen molar-refractivity contribution in [2.75, 3.05) is 18.4 Å². The molecule has 2 heterocycles. The minimum Gasteiger partial charge on any atom is -0.339 e. The highest BCUT2D eigenvalue weighted by molar-refractivity contribution is 6.07. The zero-order chi connectivity index (χ0) is 16.8. The van der Waals surface area contributed by atoms with Crippen molar-refractivity contribution in [1.82, 2.24) is 9.88 Å². The molecule has 1 N–H and O–H groups in total. The molecule has 5 nitrogen and oxygen atoms in total. The van der Waals surface area contributed by atoms with Gasteiger partial charge < -0.3 is 10.2 Å². The van der Waals surface area contributed by atoms with Crippen LogP contribution in [-0.2, 0) is 4.79 Å². The number of pyridine rings is 1. The van der Waals surface area contributed by atoms with Crippen LogP contribution in [0.2, 0.25) is 0 Å². The van der Waals surface area contributed by atoms with Crippen LogP contribution in [0.1, 0.15) is 28.9 Å². The monoisotopic (exact) mass is 321 g/mol. The Balaban J connectivity index is 1.72. The van der Waals surface area contributed by atoms with Crippen LogP contribution in [0.4, 0.5) is 5.69 Å². The van der Waals surface area contributed by atoms with Gasteiger partial charge in [-0.3, -0.25) is 14.6 Å². The van der Waals surface area contributed by atoms with Crippen molar-refractivity contribution < 1.29 is 9.59 Å². The molecule has 0 spiro atoms. The Labute approximate surface area is 141 Å². The zero-order valence-electron chi connectivity index (χ0n) is 13.3. The molecule has 0 aliphatic carbocycles. The number of aromatic nitrogens is 1. The average Bonchev–Trinajstić information content (AvgIpc) is 3.15. The van der Waals surface area contributed by atoms with Crippen LogP contribution in [0, 0.1) is 0 Å². The number of rotatable bonds is 4. The fourth-order valence-corrected chi connectivity index (χ4v) is 2.68. The number of amides is 2. The van der Waals surface area contributed by atoms with E-state index >= 15 is 0 Å². The Bertz CT molecular complexity index is 750. The lowest BCUT2D eigenvalue weighted by Crippen LogP contribution is -2.28. The molecular formula is C19H19N3O2. The van der Waals surface area contributed by atoms with Gasteiger partial charge in [0.25, 0.3) is 5.91 Å². The predicted octanol–water partition coefficient (Wildman–Crippen LogP) is 2.97. The molecule has 3 rings (SSSR count). The van der Waals surface area contributed by atoms with Gasteiger partial charge in [0, 0.05) is 25.4 Å². The minimum absolute atomic E-state index is 0.0305. The summed E-state index contributed by atoms with van der Waals surface area (Å²) in [5.74, 6) is -0.320. The Kier molecular flexibility index (Phi) is 5.01. The molecule has 0 bridgehead atoms. The van der Waals surface area contributed by atoms with E-state index in [9.17, 15) is 9.59 Å². The maximum atomic E-state index is 12.6. The van der Waals surface area contributed by atoms with Crippen LogP contribution in [-0.4, -0.2) is 34.8 Å². The SMILES string of the molecule is O=C(C=Cc1ccccn1)Nc1ccccc1C(=O)N1CCCC1. The second-order valence-corrected chi connectivity index (χ2v) is 5.62. The van der Waals surface area contributed by atoms with Crippen molar-refractivity contribution in [3.63, 3.8) is 0 Å². The molecule has 1 aromatic heterocycles. The van der Waals surface area contributed by atoms with Crippen LogP contribution in [0.5, 0.6) is 0 Å². The first-order valence-corrected chi connectivity index (χ1v) is 8.02. The number of likely N-dealkylation sites (tertiary alicyclic amines) is 1. The van der Waals surface area contributed by atoms with Gasteiger partial charge in [-0.25, -0.2) is 0 Å². The summed E-state index contributed by atoms with van der Waals surface area (Å²) in [6.07, 6.45) is 6.79. The van der Waals surface area contributed by atoms with Crippen molar-refractivity contribution in [1.29, 1.82) is 0 Å².